The summed E-state index contributed by atoms with van der Waals surface area (Å²) in [5.41, 5.74) is 2.51. The Labute approximate surface area is 114 Å². The van der Waals surface area contributed by atoms with E-state index in [0.717, 1.165) is 11.1 Å². The minimum atomic E-state index is -0.220. The highest BCUT2D eigenvalue weighted by atomic mass is 16.1. The summed E-state index contributed by atoms with van der Waals surface area (Å²) in [6, 6.07) is 18.2. The van der Waals surface area contributed by atoms with E-state index in [1.807, 2.05) is 36.5 Å². The van der Waals surface area contributed by atoms with Crippen LogP contribution in [0.4, 0.5) is 0 Å². The zero-order valence-electron chi connectivity index (χ0n) is 10.6. The molecule has 2 heterocycles. The summed E-state index contributed by atoms with van der Waals surface area (Å²) in [7, 11) is 0. The molecule has 0 aliphatic heterocycles. The van der Waals surface area contributed by atoms with Gasteiger partial charge in [0.25, 0.3) is 0 Å². The van der Waals surface area contributed by atoms with Crippen molar-refractivity contribution in [2.75, 3.05) is 0 Å². The van der Waals surface area contributed by atoms with Gasteiger partial charge in [-0.05, 0) is 34.0 Å². The number of hydrogen-bond acceptors (Lipinski definition) is 2. The van der Waals surface area contributed by atoms with Crippen LogP contribution < -0.4 is 5.69 Å². The zero-order chi connectivity index (χ0) is 13.5. The summed E-state index contributed by atoms with van der Waals surface area (Å²) in [5, 5.41) is 8.75. The quantitative estimate of drug-likeness (QED) is 0.573. The van der Waals surface area contributed by atoms with E-state index in [9.17, 15) is 4.79 Å². The molecule has 2 aromatic carbocycles. The van der Waals surface area contributed by atoms with Gasteiger partial charge in [-0.1, -0.05) is 42.5 Å². The van der Waals surface area contributed by atoms with Crippen LogP contribution in [-0.4, -0.2) is 14.6 Å². The van der Waals surface area contributed by atoms with Gasteiger partial charge < -0.3 is 0 Å². The number of pyridine rings is 1. The molecule has 0 amide bonds. The Bertz CT molecular complexity index is 976. The third-order valence-corrected chi connectivity index (χ3v) is 3.51. The monoisotopic (exact) mass is 261 g/mol. The Hall–Kier alpha value is -2.88. The van der Waals surface area contributed by atoms with Gasteiger partial charge >= 0.3 is 5.69 Å². The van der Waals surface area contributed by atoms with Crippen molar-refractivity contribution in [1.82, 2.24) is 14.6 Å². The fourth-order valence-corrected chi connectivity index (χ4v) is 2.54. The van der Waals surface area contributed by atoms with Crippen molar-refractivity contribution in [3.05, 3.63) is 71.3 Å². The van der Waals surface area contributed by atoms with E-state index in [1.165, 1.54) is 15.2 Å². The molecule has 4 aromatic rings. The average Bonchev–Trinajstić information content (AvgIpc) is 2.88. The van der Waals surface area contributed by atoms with Crippen molar-refractivity contribution >= 4 is 16.4 Å². The number of nitrogens with one attached hydrogen (secondary N) is 1. The number of rotatable bonds is 1. The van der Waals surface area contributed by atoms with E-state index >= 15 is 0 Å². The van der Waals surface area contributed by atoms with Gasteiger partial charge in [-0.2, -0.15) is 5.10 Å². The van der Waals surface area contributed by atoms with Gasteiger partial charge in [0.1, 0.15) is 0 Å². The summed E-state index contributed by atoms with van der Waals surface area (Å²) in [6.07, 6.45) is 1.82. The summed E-state index contributed by atoms with van der Waals surface area (Å²) in [5.74, 6) is 0. The van der Waals surface area contributed by atoms with E-state index in [0.29, 0.717) is 5.65 Å². The SMILES string of the molecule is O=c1[nH]nc2ccc(-c3cccc4ccccc34)cn12. The molecule has 0 aliphatic carbocycles. The summed E-state index contributed by atoms with van der Waals surface area (Å²) in [6.45, 7) is 0. The maximum Gasteiger partial charge on any atom is 0.347 e. The maximum atomic E-state index is 11.7. The second-order valence-electron chi connectivity index (χ2n) is 4.70. The minimum absolute atomic E-state index is 0.220. The number of fused-ring (bicyclic) bond motifs is 2. The van der Waals surface area contributed by atoms with Crippen LogP contribution in [-0.2, 0) is 0 Å². The van der Waals surface area contributed by atoms with Gasteiger partial charge in [0, 0.05) is 6.20 Å². The first kappa shape index (κ1) is 11.0. The highest BCUT2D eigenvalue weighted by Crippen LogP contribution is 2.28. The lowest BCUT2D eigenvalue weighted by Crippen LogP contribution is -2.08. The molecule has 0 atom stereocenters. The first-order chi connectivity index (χ1) is 9.83. The van der Waals surface area contributed by atoms with Crippen LogP contribution in [0.2, 0.25) is 0 Å². The second kappa shape index (κ2) is 4.06. The molecule has 20 heavy (non-hydrogen) atoms. The summed E-state index contributed by atoms with van der Waals surface area (Å²) in [4.78, 5) is 11.7. The standard InChI is InChI=1S/C16H11N3O/c20-16-18-17-15-9-8-12(10-19(15)16)14-7-3-5-11-4-1-2-6-13(11)14/h1-10H,(H,18,20). The van der Waals surface area contributed by atoms with Crippen molar-refractivity contribution in [2.24, 2.45) is 0 Å². The number of nitrogens with zero attached hydrogens (tertiary/aromatic N) is 2. The number of aromatic nitrogens is 3. The van der Waals surface area contributed by atoms with Crippen LogP contribution in [0.3, 0.4) is 0 Å². The smallest absolute Gasteiger partial charge is 0.250 e. The molecule has 4 nitrogen and oxygen atoms in total. The Morgan fingerprint density at radius 1 is 0.950 bits per heavy atom. The van der Waals surface area contributed by atoms with Crippen LogP contribution >= 0.6 is 0 Å². The predicted octanol–water partition coefficient (Wildman–Crippen LogP) is 2.84. The van der Waals surface area contributed by atoms with Gasteiger partial charge in [0.15, 0.2) is 5.65 Å². The largest absolute Gasteiger partial charge is 0.347 e. The van der Waals surface area contributed by atoms with Crippen molar-refractivity contribution in [1.29, 1.82) is 0 Å². The molecule has 2 aromatic heterocycles. The van der Waals surface area contributed by atoms with Gasteiger partial charge in [0.05, 0.1) is 0 Å². The van der Waals surface area contributed by atoms with E-state index in [1.54, 1.807) is 0 Å². The van der Waals surface area contributed by atoms with Crippen molar-refractivity contribution < 1.29 is 0 Å². The molecular weight excluding hydrogens is 250 g/mol. The molecule has 0 fully saturated rings. The Morgan fingerprint density at radius 2 is 1.80 bits per heavy atom. The highest BCUT2D eigenvalue weighted by molar-refractivity contribution is 5.96. The number of hydrogen-bond donors (Lipinski definition) is 1. The molecule has 0 spiro atoms. The van der Waals surface area contributed by atoms with Crippen molar-refractivity contribution in [3.8, 4) is 11.1 Å². The average molecular weight is 261 g/mol. The fourth-order valence-electron chi connectivity index (χ4n) is 2.54. The number of benzene rings is 2. The van der Waals surface area contributed by atoms with E-state index in [2.05, 4.69) is 34.5 Å². The molecule has 0 bridgehead atoms. The van der Waals surface area contributed by atoms with E-state index < -0.39 is 0 Å². The molecule has 4 rings (SSSR count). The second-order valence-corrected chi connectivity index (χ2v) is 4.70. The van der Waals surface area contributed by atoms with Crippen molar-refractivity contribution in [3.63, 3.8) is 0 Å². The predicted molar refractivity (Wildman–Crippen MR) is 78.8 cm³/mol. The third kappa shape index (κ3) is 1.55. The molecular formula is C16H11N3O. The lowest BCUT2D eigenvalue weighted by molar-refractivity contribution is 1.02. The molecule has 0 aliphatic rings. The molecule has 0 saturated carbocycles. The highest BCUT2D eigenvalue weighted by Gasteiger charge is 2.06. The summed E-state index contributed by atoms with van der Waals surface area (Å²) < 4.78 is 1.52. The normalized spacial score (nSPS) is 11.2. The van der Waals surface area contributed by atoms with Gasteiger partial charge in [-0.25, -0.2) is 14.3 Å². The molecule has 4 heteroatoms. The van der Waals surface area contributed by atoms with Crippen LogP contribution in [0.25, 0.3) is 27.5 Å². The Balaban J connectivity index is 2.05. The van der Waals surface area contributed by atoms with Crippen LogP contribution in [0.1, 0.15) is 0 Å². The first-order valence-corrected chi connectivity index (χ1v) is 6.38. The van der Waals surface area contributed by atoms with E-state index in [4.69, 9.17) is 0 Å². The van der Waals surface area contributed by atoms with Crippen LogP contribution in [0, 0.1) is 0 Å². The fraction of sp³-hybridized carbons (Fsp3) is 0. The van der Waals surface area contributed by atoms with Gasteiger partial charge in [-0.15, -0.1) is 0 Å². The summed E-state index contributed by atoms with van der Waals surface area (Å²) >= 11 is 0. The third-order valence-electron chi connectivity index (χ3n) is 3.51. The lowest BCUT2D eigenvalue weighted by Gasteiger charge is -2.06. The Kier molecular flexibility index (Phi) is 2.23. The van der Waals surface area contributed by atoms with Crippen molar-refractivity contribution in [2.45, 2.75) is 0 Å². The number of aromatic amines is 1. The van der Waals surface area contributed by atoms with Gasteiger partial charge in [-0.3, -0.25) is 0 Å². The topological polar surface area (TPSA) is 50.2 Å². The lowest BCUT2D eigenvalue weighted by atomic mass is 10.00. The zero-order valence-corrected chi connectivity index (χ0v) is 10.6. The minimum Gasteiger partial charge on any atom is -0.250 e. The van der Waals surface area contributed by atoms with Crippen LogP contribution in [0.5, 0.6) is 0 Å². The molecule has 96 valence electrons. The van der Waals surface area contributed by atoms with E-state index in [-0.39, 0.29) is 5.69 Å². The van der Waals surface area contributed by atoms with Crippen LogP contribution in [0.15, 0.2) is 65.6 Å². The molecule has 0 radical (unpaired) electrons. The number of H-pyrrole nitrogens is 1. The molecule has 0 saturated heterocycles. The molecule has 1 N–H and O–H groups in total. The van der Waals surface area contributed by atoms with Gasteiger partial charge in [0.2, 0.25) is 0 Å². The first-order valence-electron chi connectivity index (χ1n) is 6.38. The molecule has 0 unspecified atom stereocenters. The Morgan fingerprint density at radius 3 is 2.75 bits per heavy atom. The maximum absolute atomic E-state index is 11.7.